The quantitative estimate of drug-likeness (QED) is 0.182. The van der Waals surface area contributed by atoms with E-state index in [1.165, 1.54) is 12.1 Å². The number of ether oxygens (including phenoxy) is 2. The van der Waals surface area contributed by atoms with Gasteiger partial charge in [0, 0.05) is 6.54 Å². The Kier molecular flexibility index (Phi) is 10.8. The number of rotatable bonds is 13. The van der Waals surface area contributed by atoms with Crippen LogP contribution in [0.3, 0.4) is 0 Å². The van der Waals surface area contributed by atoms with Gasteiger partial charge < -0.3 is 18.5 Å². The lowest BCUT2D eigenvalue weighted by atomic mass is 9.98. The van der Waals surface area contributed by atoms with E-state index in [1.807, 2.05) is 6.92 Å². The minimum absolute atomic E-state index is 0.0687. The third kappa shape index (κ3) is 9.00. The highest BCUT2D eigenvalue weighted by atomic mass is 32.2. The molecule has 0 aromatic heterocycles. The fourth-order valence-corrected chi connectivity index (χ4v) is 4.96. The highest BCUT2D eigenvalue weighted by Crippen LogP contribution is 2.47. The van der Waals surface area contributed by atoms with Crippen LogP contribution in [0.2, 0.25) is 0 Å². The van der Waals surface area contributed by atoms with Gasteiger partial charge >= 0.3 is 13.6 Å². The Bertz CT molecular complexity index is 839. The van der Waals surface area contributed by atoms with E-state index in [0.29, 0.717) is 0 Å². The smallest absolute Gasteiger partial charge is 0.356 e. The molecule has 1 aromatic rings. The summed E-state index contributed by atoms with van der Waals surface area (Å²) in [4.78, 5) is 12.2. The third-order valence-corrected chi connectivity index (χ3v) is 7.63. The lowest BCUT2D eigenvalue weighted by Gasteiger charge is -2.24. The molecule has 9 nitrogen and oxygen atoms in total. The molecule has 1 aromatic carbocycles. The topological polar surface area (TPSA) is 108 Å². The van der Waals surface area contributed by atoms with Gasteiger partial charge in [-0.15, -0.1) is 0 Å². The minimum atomic E-state index is -3.95. The van der Waals surface area contributed by atoms with Crippen LogP contribution in [0, 0.1) is 12.3 Å². The Hall–Kier alpha value is -1.29. The van der Waals surface area contributed by atoms with Crippen LogP contribution >= 0.6 is 7.60 Å². The second kappa shape index (κ2) is 12.1. The molecule has 0 N–H and O–H groups in total. The molecule has 0 heterocycles. The van der Waals surface area contributed by atoms with Crippen molar-refractivity contribution in [3.63, 3.8) is 0 Å². The SMILES string of the molecule is CCOP(=O)(COCCN(COC(=O)C(C)(C)C)S(=O)(=O)c1ccc(C)cc1)OCC. The van der Waals surface area contributed by atoms with Gasteiger partial charge in [-0.1, -0.05) is 17.7 Å². The molecule has 1 rings (SSSR count). The molecular formula is C20H34NO8PS. The van der Waals surface area contributed by atoms with E-state index in [1.54, 1.807) is 46.8 Å². The monoisotopic (exact) mass is 479 g/mol. The van der Waals surface area contributed by atoms with Crippen LogP contribution < -0.4 is 0 Å². The fraction of sp³-hybridized carbons (Fsp3) is 0.650. The normalized spacial score (nSPS) is 12.9. The Balaban J connectivity index is 2.91. The zero-order valence-electron chi connectivity index (χ0n) is 19.1. The van der Waals surface area contributed by atoms with E-state index in [4.69, 9.17) is 18.5 Å². The molecule has 0 radical (unpaired) electrons. The maximum Gasteiger partial charge on any atom is 0.356 e. The first kappa shape index (κ1) is 27.7. The molecule has 0 atom stereocenters. The van der Waals surface area contributed by atoms with Crippen LogP contribution in [0.15, 0.2) is 29.2 Å². The largest absolute Gasteiger partial charge is 0.448 e. The molecule has 0 saturated heterocycles. The van der Waals surface area contributed by atoms with E-state index in [2.05, 4.69) is 0 Å². The summed E-state index contributed by atoms with van der Waals surface area (Å²) >= 11 is 0. The Morgan fingerprint density at radius 2 is 1.61 bits per heavy atom. The standard InChI is InChI=1S/C20H34NO8PS/c1-7-28-30(23,29-8-2)16-26-14-13-21(15-27-19(22)20(4,5)6)31(24,25)18-11-9-17(3)10-12-18/h9-12H,7-8,13-16H2,1-6H3. The van der Waals surface area contributed by atoms with Gasteiger partial charge in [-0.2, -0.15) is 4.31 Å². The minimum Gasteiger partial charge on any atom is -0.448 e. The summed E-state index contributed by atoms with van der Waals surface area (Å²) in [5.41, 5.74) is 0.132. The number of hydrogen-bond donors (Lipinski definition) is 0. The molecule has 0 fully saturated rings. The summed E-state index contributed by atoms with van der Waals surface area (Å²) in [7, 11) is -7.36. The van der Waals surface area contributed by atoms with Crippen LogP contribution in [0.4, 0.5) is 0 Å². The average Bonchev–Trinajstić information content (AvgIpc) is 2.67. The summed E-state index contributed by atoms with van der Waals surface area (Å²) in [5.74, 6) is -0.533. The molecule has 0 spiro atoms. The molecular weight excluding hydrogens is 445 g/mol. The number of sulfonamides is 1. The fourth-order valence-electron chi connectivity index (χ4n) is 2.31. The zero-order chi connectivity index (χ0) is 23.7. The molecule has 178 valence electrons. The highest BCUT2D eigenvalue weighted by molar-refractivity contribution is 7.89. The number of carbonyl (C=O) groups excluding carboxylic acids is 1. The third-order valence-electron chi connectivity index (χ3n) is 4.00. The van der Waals surface area contributed by atoms with Crippen molar-refractivity contribution in [2.24, 2.45) is 5.41 Å². The van der Waals surface area contributed by atoms with Crippen LogP contribution in [0.5, 0.6) is 0 Å². The van der Waals surface area contributed by atoms with Gasteiger partial charge in [0.15, 0.2) is 6.73 Å². The molecule has 0 bridgehead atoms. The first-order chi connectivity index (χ1) is 14.4. The van der Waals surface area contributed by atoms with E-state index < -0.39 is 35.7 Å². The number of hydrogen-bond acceptors (Lipinski definition) is 8. The highest BCUT2D eigenvalue weighted by Gasteiger charge is 2.29. The van der Waals surface area contributed by atoms with Crippen molar-refractivity contribution < 1.29 is 36.3 Å². The summed E-state index contributed by atoms with van der Waals surface area (Å²) in [6, 6.07) is 6.34. The van der Waals surface area contributed by atoms with Gasteiger partial charge in [0.25, 0.3) is 0 Å². The van der Waals surface area contributed by atoms with Gasteiger partial charge in [0.05, 0.1) is 30.1 Å². The second-order valence-electron chi connectivity index (χ2n) is 7.79. The van der Waals surface area contributed by atoms with E-state index in [9.17, 15) is 17.8 Å². The van der Waals surface area contributed by atoms with Gasteiger partial charge in [0.2, 0.25) is 10.0 Å². The number of benzene rings is 1. The van der Waals surface area contributed by atoms with Gasteiger partial charge in [-0.25, -0.2) is 8.42 Å². The number of nitrogens with zero attached hydrogens (tertiary/aromatic N) is 1. The van der Waals surface area contributed by atoms with Crippen molar-refractivity contribution in [2.45, 2.75) is 46.4 Å². The summed E-state index contributed by atoms with van der Waals surface area (Å²) in [6.45, 7) is 9.95. The van der Waals surface area contributed by atoms with Gasteiger partial charge in [-0.05, 0) is 53.7 Å². The van der Waals surface area contributed by atoms with E-state index in [-0.39, 0.29) is 37.6 Å². The average molecular weight is 480 g/mol. The van der Waals surface area contributed by atoms with Crippen LogP contribution in [-0.2, 0) is 37.9 Å². The molecule has 0 aliphatic carbocycles. The Morgan fingerprint density at radius 3 is 2.10 bits per heavy atom. The number of carbonyl (C=O) groups is 1. The molecule has 0 aliphatic heterocycles. The molecule has 0 aliphatic rings. The summed E-state index contributed by atoms with van der Waals surface area (Å²) in [6.07, 6.45) is -0.311. The van der Waals surface area contributed by atoms with Gasteiger partial charge in [-0.3, -0.25) is 9.36 Å². The second-order valence-corrected chi connectivity index (χ2v) is 11.7. The van der Waals surface area contributed by atoms with Crippen molar-refractivity contribution in [1.82, 2.24) is 4.31 Å². The van der Waals surface area contributed by atoms with Crippen molar-refractivity contribution in [3.8, 4) is 0 Å². The first-order valence-corrected chi connectivity index (χ1v) is 13.2. The summed E-state index contributed by atoms with van der Waals surface area (Å²) < 4.78 is 60.5. The predicted octanol–water partition coefficient (Wildman–Crippen LogP) is 3.77. The zero-order valence-corrected chi connectivity index (χ0v) is 20.8. The first-order valence-electron chi connectivity index (χ1n) is 10.1. The lowest BCUT2D eigenvalue weighted by Crippen LogP contribution is -2.38. The summed E-state index contributed by atoms with van der Waals surface area (Å²) in [5, 5.41) is 0. The molecule has 0 unspecified atom stereocenters. The number of aryl methyl sites for hydroxylation is 1. The Morgan fingerprint density at radius 1 is 1.06 bits per heavy atom. The van der Waals surface area contributed by atoms with Crippen molar-refractivity contribution >= 4 is 23.6 Å². The molecule has 31 heavy (non-hydrogen) atoms. The van der Waals surface area contributed by atoms with E-state index >= 15 is 0 Å². The van der Waals surface area contributed by atoms with Gasteiger partial charge in [0.1, 0.15) is 6.35 Å². The van der Waals surface area contributed by atoms with Crippen molar-refractivity contribution in [1.29, 1.82) is 0 Å². The maximum absolute atomic E-state index is 13.1. The molecule has 11 heteroatoms. The predicted molar refractivity (Wildman–Crippen MR) is 117 cm³/mol. The number of esters is 1. The Labute approximate surface area is 185 Å². The van der Waals surface area contributed by atoms with Crippen molar-refractivity contribution in [3.05, 3.63) is 29.8 Å². The van der Waals surface area contributed by atoms with Crippen molar-refractivity contribution in [2.75, 3.05) is 39.4 Å². The van der Waals surface area contributed by atoms with Crippen LogP contribution in [0.25, 0.3) is 0 Å². The molecule has 0 saturated carbocycles. The van der Waals surface area contributed by atoms with Crippen LogP contribution in [0.1, 0.15) is 40.2 Å². The lowest BCUT2D eigenvalue weighted by molar-refractivity contribution is -0.156. The van der Waals surface area contributed by atoms with E-state index in [0.717, 1.165) is 9.87 Å². The molecule has 0 amide bonds. The maximum atomic E-state index is 13.1. The van der Waals surface area contributed by atoms with Crippen LogP contribution in [-0.4, -0.2) is 58.1 Å².